The van der Waals surface area contributed by atoms with Gasteiger partial charge in [0.1, 0.15) is 17.9 Å². The average Bonchev–Trinajstić information content (AvgIpc) is 3.02. The Morgan fingerprint density at radius 1 is 1.38 bits per heavy atom. The van der Waals surface area contributed by atoms with Crippen molar-refractivity contribution in [2.24, 2.45) is 5.73 Å². The molecular formula is C17H16ClN5O3. The van der Waals surface area contributed by atoms with E-state index in [0.717, 1.165) is 4.90 Å². The molecule has 1 heterocycles. The van der Waals surface area contributed by atoms with Gasteiger partial charge < -0.3 is 15.6 Å². The quantitative estimate of drug-likeness (QED) is 0.848. The molecule has 26 heavy (non-hydrogen) atoms. The highest BCUT2D eigenvalue weighted by Gasteiger charge is 2.27. The van der Waals surface area contributed by atoms with Crippen LogP contribution >= 0.6 is 11.6 Å². The fourth-order valence-electron chi connectivity index (χ4n) is 2.82. The molecule has 9 heteroatoms. The highest BCUT2D eigenvalue weighted by atomic mass is 35.5. The molecule has 0 bridgehead atoms. The SMILES string of the molecule is N#Cc1cnc(N(C(N)=O)c2cc(Cl)ccc2O[C@H]2CC[C@@H](O)C2)cn1. The van der Waals surface area contributed by atoms with Crippen LogP contribution in [0.15, 0.2) is 30.6 Å². The standard InChI is InChI=1S/C17H16ClN5O3/c18-10-1-4-15(26-13-3-2-12(24)6-13)14(5-10)23(17(20)25)16-9-21-11(7-19)8-22-16/h1,4-5,8-9,12-13,24H,2-3,6H2,(H2,20,25)/t12-,13+/m1/s1. The van der Waals surface area contributed by atoms with E-state index in [1.54, 1.807) is 12.1 Å². The number of carbonyl (C=O) groups is 1. The van der Waals surface area contributed by atoms with Crippen LogP contribution in [0.2, 0.25) is 5.02 Å². The van der Waals surface area contributed by atoms with Crippen molar-refractivity contribution in [3.8, 4) is 11.8 Å². The van der Waals surface area contributed by atoms with Crippen LogP contribution in [0, 0.1) is 11.3 Å². The number of aliphatic hydroxyl groups is 1. The number of nitrogens with zero attached hydrogens (tertiary/aromatic N) is 4. The highest BCUT2D eigenvalue weighted by Crippen LogP contribution is 2.37. The Hall–Kier alpha value is -2.89. The minimum absolute atomic E-state index is 0.112. The lowest BCUT2D eigenvalue weighted by Gasteiger charge is -2.24. The summed E-state index contributed by atoms with van der Waals surface area (Å²) in [5.41, 5.74) is 5.96. The van der Waals surface area contributed by atoms with Gasteiger partial charge in [-0.1, -0.05) is 11.6 Å². The molecule has 3 rings (SSSR count). The monoisotopic (exact) mass is 373 g/mol. The number of nitrogens with two attached hydrogens (primary N) is 1. The molecule has 0 saturated heterocycles. The van der Waals surface area contributed by atoms with Crippen molar-refractivity contribution in [2.45, 2.75) is 31.5 Å². The van der Waals surface area contributed by atoms with E-state index >= 15 is 0 Å². The minimum Gasteiger partial charge on any atom is -0.488 e. The maximum Gasteiger partial charge on any atom is 0.325 e. The molecule has 0 radical (unpaired) electrons. The van der Waals surface area contributed by atoms with Gasteiger partial charge in [-0.25, -0.2) is 19.7 Å². The van der Waals surface area contributed by atoms with Crippen LogP contribution in [0.5, 0.6) is 5.75 Å². The van der Waals surface area contributed by atoms with Crippen LogP contribution in [0.25, 0.3) is 0 Å². The van der Waals surface area contributed by atoms with Crippen LogP contribution in [-0.2, 0) is 0 Å². The Morgan fingerprint density at radius 2 is 2.19 bits per heavy atom. The number of halogens is 1. The third-order valence-corrected chi connectivity index (χ3v) is 4.25. The second-order valence-corrected chi connectivity index (χ2v) is 6.30. The summed E-state index contributed by atoms with van der Waals surface area (Å²) in [4.78, 5) is 21.2. The van der Waals surface area contributed by atoms with E-state index in [0.29, 0.717) is 35.7 Å². The molecule has 1 aliphatic carbocycles. The van der Waals surface area contributed by atoms with Gasteiger partial charge in [0.2, 0.25) is 0 Å². The zero-order chi connectivity index (χ0) is 18.7. The number of hydrogen-bond donors (Lipinski definition) is 2. The second-order valence-electron chi connectivity index (χ2n) is 5.86. The van der Waals surface area contributed by atoms with Gasteiger partial charge in [0, 0.05) is 11.4 Å². The fraction of sp³-hybridized carbons (Fsp3) is 0.294. The Kier molecular flexibility index (Phi) is 5.21. The van der Waals surface area contributed by atoms with E-state index in [9.17, 15) is 9.90 Å². The van der Waals surface area contributed by atoms with E-state index in [4.69, 9.17) is 27.3 Å². The predicted octanol–water partition coefficient (Wildman–Crippen LogP) is 2.51. The topological polar surface area (TPSA) is 125 Å². The van der Waals surface area contributed by atoms with Crippen LogP contribution in [0.3, 0.4) is 0 Å². The molecule has 1 aromatic heterocycles. The molecule has 0 spiro atoms. The number of carbonyl (C=O) groups excluding carboxylic acids is 1. The van der Waals surface area contributed by atoms with Gasteiger partial charge in [0.25, 0.3) is 0 Å². The summed E-state index contributed by atoms with van der Waals surface area (Å²) in [6.45, 7) is 0. The van der Waals surface area contributed by atoms with Gasteiger partial charge in [-0.05, 0) is 31.0 Å². The molecular weight excluding hydrogens is 358 g/mol. The van der Waals surface area contributed by atoms with Crippen molar-refractivity contribution in [3.05, 3.63) is 41.3 Å². The maximum absolute atomic E-state index is 12.1. The van der Waals surface area contributed by atoms with E-state index in [1.165, 1.54) is 18.5 Å². The number of nitriles is 1. The Balaban J connectivity index is 1.99. The van der Waals surface area contributed by atoms with Crippen molar-refractivity contribution in [1.29, 1.82) is 5.26 Å². The zero-order valence-corrected chi connectivity index (χ0v) is 14.4. The molecule has 1 aliphatic rings. The number of anilines is 2. The number of aliphatic hydroxyl groups excluding tert-OH is 1. The highest BCUT2D eigenvalue weighted by molar-refractivity contribution is 6.31. The molecule has 1 saturated carbocycles. The van der Waals surface area contributed by atoms with Gasteiger partial charge in [-0.15, -0.1) is 0 Å². The lowest BCUT2D eigenvalue weighted by Crippen LogP contribution is -2.33. The smallest absolute Gasteiger partial charge is 0.325 e. The van der Waals surface area contributed by atoms with Gasteiger partial charge in [-0.2, -0.15) is 5.26 Å². The van der Waals surface area contributed by atoms with Crippen molar-refractivity contribution < 1.29 is 14.6 Å². The van der Waals surface area contributed by atoms with Crippen molar-refractivity contribution >= 4 is 29.1 Å². The molecule has 8 nitrogen and oxygen atoms in total. The maximum atomic E-state index is 12.1. The number of aromatic nitrogens is 2. The molecule has 0 aliphatic heterocycles. The van der Waals surface area contributed by atoms with E-state index < -0.39 is 12.1 Å². The zero-order valence-electron chi connectivity index (χ0n) is 13.7. The first kappa shape index (κ1) is 17.9. The van der Waals surface area contributed by atoms with Crippen LogP contribution < -0.4 is 15.4 Å². The normalized spacial score (nSPS) is 19.0. The Bertz CT molecular complexity index is 852. The Labute approximate surface area is 154 Å². The summed E-state index contributed by atoms with van der Waals surface area (Å²) in [6.07, 6.45) is 3.82. The van der Waals surface area contributed by atoms with Gasteiger partial charge in [0.05, 0.1) is 24.2 Å². The molecule has 134 valence electrons. The van der Waals surface area contributed by atoms with Gasteiger partial charge >= 0.3 is 6.03 Å². The van der Waals surface area contributed by atoms with E-state index in [1.807, 2.05) is 6.07 Å². The third-order valence-electron chi connectivity index (χ3n) is 4.01. The second kappa shape index (κ2) is 7.56. The molecule has 1 fully saturated rings. The lowest BCUT2D eigenvalue weighted by atomic mass is 10.2. The van der Waals surface area contributed by atoms with Crippen LogP contribution in [0.4, 0.5) is 16.3 Å². The lowest BCUT2D eigenvalue weighted by molar-refractivity contribution is 0.150. The molecule has 3 N–H and O–H groups in total. The predicted molar refractivity (Wildman–Crippen MR) is 94.2 cm³/mol. The van der Waals surface area contributed by atoms with Crippen molar-refractivity contribution in [1.82, 2.24) is 9.97 Å². The number of urea groups is 1. The van der Waals surface area contributed by atoms with Crippen molar-refractivity contribution in [3.63, 3.8) is 0 Å². The summed E-state index contributed by atoms with van der Waals surface area (Å²) in [5, 5.41) is 18.9. The number of hydrogen-bond acceptors (Lipinski definition) is 6. The number of amides is 2. The molecule has 0 unspecified atom stereocenters. The molecule has 2 atom stereocenters. The van der Waals surface area contributed by atoms with E-state index in [-0.39, 0.29) is 17.6 Å². The number of ether oxygens (including phenoxy) is 1. The fourth-order valence-corrected chi connectivity index (χ4v) is 2.98. The summed E-state index contributed by atoms with van der Waals surface area (Å²) in [6, 6.07) is 5.86. The summed E-state index contributed by atoms with van der Waals surface area (Å²) < 4.78 is 5.96. The summed E-state index contributed by atoms with van der Waals surface area (Å²) in [7, 11) is 0. The van der Waals surface area contributed by atoms with E-state index in [2.05, 4.69) is 9.97 Å². The summed E-state index contributed by atoms with van der Waals surface area (Å²) in [5.74, 6) is 0.522. The average molecular weight is 374 g/mol. The largest absolute Gasteiger partial charge is 0.488 e. The number of primary amides is 1. The molecule has 2 aromatic rings. The molecule has 1 aromatic carbocycles. The minimum atomic E-state index is -0.803. The first-order valence-corrected chi connectivity index (χ1v) is 8.31. The number of rotatable bonds is 4. The van der Waals surface area contributed by atoms with Gasteiger partial charge in [0.15, 0.2) is 11.5 Å². The molecule has 2 amide bonds. The third kappa shape index (κ3) is 3.85. The first-order valence-electron chi connectivity index (χ1n) is 7.94. The number of benzene rings is 1. The summed E-state index contributed by atoms with van der Waals surface area (Å²) >= 11 is 6.09. The Morgan fingerprint density at radius 3 is 2.77 bits per heavy atom. The van der Waals surface area contributed by atoms with Crippen LogP contribution in [0.1, 0.15) is 25.0 Å². The van der Waals surface area contributed by atoms with Gasteiger partial charge in [-0.3, -0.25) is 0 Å². The van der Waals surface area contributed by atoms with Crippen molar-refractivity contribution in [2.75, 3.05) is 4.90 Å². The first-order chi connectivity index (χ1) is 12.5. The van der Waals surface area contributed by atoms with Crippen LogP contribution in [-0.4, -0.2) is 33.3 Å².